The Balaban J connectivity index is 1.40. The minimum atomic E-state index is -0.403. The number of aromatic nitrogens is 4. The number of nitrogens with two attached hydrogens (primary N) is 1. The molecule has 35 heavy (non-hydrogen) atoms. The molecule has 0 saturated carbocycles. The van der Waals surface area contributed by atoms with Gasteiger partial charge in [-0.05, 0) is 48.8 Å². The van der Waals surface area contributed by atoms with Crippen molar-refractivity contribution < 1.29 is 14.2 Å². The van der Waals surface area contributed by atoms with Gasteiger partial charge in [0.2, 0.25) is 0 Å². The number of hydrogen-bond donors (Lipinski definition) is 1. The second-order valence-electron chi connectivity index (χ2n) is 8.32. The van der Waals surface area contributed by atoms with Crippen LogP contribution in [0.1, 0.15) is 41.3 Å². The molecule has 0 aliphatic carbocycles. The molecule has 2 aromatic heterocycles. The largest absolute Gasteiger partial charge is 0.358 e. The van der Waals surface area contributed by atoms with E-state index in [1.807, 2.05) is 61.9 Å². The minimum absolute atomic E-state index is 0.165. The molecule has 0 amide bonds. The number of halogens is 1. The van der Waals surface area contributed by atoms with E-state index < -0.39 is 6.29 Å². The van der Waals surface area contributed by atoms with Crippen molar-refractivity contribution in [2.24, 2.45) is 5.73 Å². The van der Waals surface area contributed by atoms with E-state index in [0.29, 0.717) is 27.3 Å². The van der Waals surface area contributed by atoms with Crippen LogP contribution in [0.25, 0.3) is 15.9 Å². The Bertz CT molecular complexity index is 1320. The first-order valence-electron chi connectivity index (χ1n) is 11.3. The van der Waals surface area contributed by atoms with Crippen molar-refractivity contribution in [1.29, 1.82) is 0 Å². The number of benzene rings is 2. The van der Waals surface area contributed by atoms with E-state index >= 15 is 0 Å². The Morgan fingerprint density at radius 2 is 2.06 bits per heavy atom. The van der Waals surface area contributed by atoms with Crippen LogP contribution < -0.4 is 5.73 Å². The van der Waals surface area contributed by atoms with E-state index in [4.69, 9.17) is 30.0 Å². The van der Waals surface area contributed by atoms with Gasteiger partial charge >= 0.3 is 0 Å². The lowest BCUT2D eigenvalue weighted by atomic mass is 10.1. The molecule has 5 unspecified atom stereocenters. The Morgan fingerprint density at radius 3 is 2.80 bits per heavy atom. The van der Waals surface area contributed by atoms with Gasteiger partial charge in [0, 0.05) is 16.3 Å². The van der Waals surface area contributed by atoms with Crippen LogP contribution in [0.4, 0.5) is 0 Å². The zero-order valence-electron chi connectivity index (χ0n) is 19.6. The molecule has 2 N–H and O–H groups in total. The second-order valence-corrected chi connectivity index (χ2v) is 11.7. The van der Waals surface area contributed by atoms with Gasteiger partial charge < -0.3 is 19.9 Å². The predicted molar refractivity (Wildman–Crippen MR) is 142 cm³/mol. The molecular weight excluding hydrogens is 549 g/mol. The first-order chi connectivity index (χ1) is 16.9. The van der Waals surface area contributed by atoms with E-state index in [1.54, 1.807) is 11.3 Å². The number of ether oxygens (including phenoxy) is 3. The highest BCUT2D eigenvalue weighted by Crippen LogP contribution is 2.39. The average molecular weight is 576 g/mol. The third-order valence-electron chi connectivity index (χ3n) is 5.72. The molecule has 1 fully saturated rings. The average Bonchev–Trinajstić information content (AvgIpc) is 3.42. The van der Waals surface area contributed by atoms with Crippen molar-refractivity contribution in [2.45, 2.75) is 45.1 Å². The smallest absolute Gasteiger partial charge is 0.184 e. The SMILES string of the molecule is Cc1nc(C(OC2COC(c3ccccc3)OC2C)PCN)n(-c2cc(Br)c3nc(C)sc3c2)n1. The molecule has 5 atom stereocenters. The highest BCUT2D eigenvalue weighted by Gasteiger charge is 2.34. The van der Waals surface area contributed by atoms with E-state index in [1.165, 1.54) is 0 Å². The molecule has 5 rings (SSSR count). The monoisotopic (exact) mass is 575 g/mol. The second kappa shape index (κ2) is 10.7. The minimum Gasteiger partial charge on any atom is -0.358 e. The number of aryl methyl sites for hydroxylation is 2. The molecule has 3 heterocycles. The fourth-order valence-electron chi connectivity index (χ4n) is 4.06. The maximum Gasteiger partial charge on any atom is 0.184 e. The number of thiazole rings is 1. The summed E-state index contributed by atoms with van der Waals surface area (Å²) in [5.74, 6) is 1.04. The molecule has 2 aromatic carbocycles. The molecule has 11 heteroatoms. The van der Waals surface area contributed by atoms with E-state index in [2.05, 4.69) is 27.0 Å². The summed E-state index contributed by atoms with van der Waals surface area (Å²) in [7, 11) is 0.301. The summed E-state index contributed by atoms with van der Waals surface area (Å²) in [6.45, 7) is 6.31. The third-order valence-corrected chi connectivity index (χ3v) is 8.24. The molecule has 8 nitrogen and oxygen atoms in total. The lowest BCUT2D eigenvalue weighted by Crippen LogP contribution is -2.41. The molecule has 1 aliphatic rings. The van der Waals surface area contributed by atoms with Crippen LogP contribution in [-0.4, -0.2) is 44.8 Å². The predicted octanol–water partition coefficient (Wildman–Crippen LogP) is 5.37. The summed E-state index contributed by atoms with van der Waals surface area (Å²) < 4.78 is 22.6. The molecule has 1 saturated heterocycles. The van der Waals surface area contributed by atoms with Gasteiger partial charge in [0.25, 0.3) is 0 Å². The lowest BCUT2D eigenvalue weighted by molar-refractivity contribution is -0.264. The van der Waals surface area contributed by atoms with Crippen molar-refractivity contribution in [2.75, 3.05) is 12.9 Å². The zero-order chi connectivity index (χ0) is 24.5. The van der Waals surface area contributed by atoms with Crippen LogP contribution in [0.2, 0.25) is 0 Å². The maximum atomic E-state index is 6.55. The molecule has 184 valence electrons. The van der Waals surface area contributed by atoms with Crippen LogP contribution in [-0.2, 0) is 14.2 Å². The van der Waals surface area contributed by atoms with Gasteiger partial charge in [-0.1, -0.05) is 38.9 Å². The zero-order valence-corrected chi connectivity index (χ0v) is 23.0. The van der Waals surface area contributed by atoms with Gasteiger partial charge in [0.15, 0.2) is 12.1 Å². The molecule has 4 aromatic rings. The van der Waals surface area contributed by atoms with Gasteiger partial charge in [-0.25, -0.2) is 14.6 Å². The summed E-state index contributed by atoms with van der Waals surface area (Å²) in [5, 5.41) is 5.71. The normalized spacial score (nSPS) is 21.8. The summed E-state index contributed by atoms with van der Waals surface area (Å²) in [5.41, 5.74) is 8.84. The van der Waals surface area contributed by atoms with Crippen molar-refractivity contribution >= 4 is 46.1 Å². The Hall–Kier alpha value is -1.78. The van der Waals surface area contributed by atoms with Gasteiger partial charge in [-0.15, -0.1) is 11.3 Å². The van der Waals surface area contributed by atoms with E-state index in [9.17, 15) is 0 Å². The van der Waals surface area contributed by atoms with E-state index in [0.717, 1.165) is 36.8 Å². The summed E-state index contributed by atoms with van der Waals surface area (Å²) in [6, 6.07) is 14.0. The van der Waals surface area contributed by atoms with Crippen molar-refractivity contribution in [1.82, 2.24) is 19.7 Å². The number of fused-ring (bicyclic) bond motifs is 1. The first kappa shape index (κ1) is 24.9. The summed E-state index contributed by atoms with van der Waals surface area (Å²) in [6.07, 6.45) is -0.354. The molecule has 1 aliphatic heterocycles. The summed E-state index contributed by atoms with van der Waals surface area (Å²) in [4.78, 5) is 9.36. The Labute approximate surface area is 218 Å². The topological polar surface area (TPSA) is 97.3 Å². The van der Waals surface area contributed by atoms with Crippen LogP contribution in [0.15, 0.2) is 46.9 Å². The summed E-state index contributed by atoms with van der Waals surface area (Å²) >= 11 is 5.32. The van der Waals surface area contributed by atoms with Crippen molar-refractivity contribution in [3.05, 3.63) is 69.2 Å². The number of hydrogen-bond acceptors (Lipinski definition) is 8. The third kappa shape index (κ3) is 5.34. The molecular formula is C24H27BrN5O3PS. The standard InChI is InChI=1S/C24H27BrN5O3PS/c1-13-19(11-31-23(32-13)16-7-5-4-6-8-16)33-24(34-12-26)22-27-14(2)29-30(22)17-9-18(25)21-20(10-17)35-15(3)28-21/h4-10,13,19,23-24,34H,11-12,26H2,1-3H3. The first-order valence-corrected chi connectivity index (χ1v) is 14.2. The van der Waals surface area contributed by atoms with Crippen LogP contribution in [0, 0.1) is 13.8 Å². The van der Waals surface area contributed by atoms with Gasteiger partial charge in [0.1, 0.15) is 17.8 Å². The highest BCUT2D eigenvalue weighted by atomic mass is 79.9. The fourth-order valence-corrected chi connectivity index (χ4v) is 6.47. The molecule has 0 bridgehead atoms. The maximum absolute atomic E-state index is 6.55. The van der Waals surface area contributed by atoms with Crippen LogP contribution in [0.3, 0.4) is 0 Å². The van der Waals surface area contributed by atoms with Gasteiger partial charge in [0.05, 0.1) is 33.6 Å². The molecule has 0 spiro atoms. The van der Waals surface area contributed by atoms with Crippen LogP contribution in [0.5, 0.6) is 0 Å². The Kier molecular flexibility index (Phi) is 7.60. The quantitative estimate of drug-likeness (QED) is 0.296. The number of rotatable bonds is 7. The highest BCUT2D eigenvalue weighted by molar-refractivity contribution is 9.10. The number of nitrogens with zero attached hydrogens (tertiary/aromatic N) is 4. The fraction of sp³-hybridized carbons (Fsp3) is 0.375. The van der Waals surface area contributed by atoms with Crippen LogP contribution >= 0.6 is 35.8 Å². The van der Waals surface area contributed by atoms with Gasteiger partial charge in [-0.3, -0.25) is 0 Å². The lowest BCUT2D eigenvalue weighted by Gasteiger charge is -2.36. The Morgan fingerprint density at radius 1 is 1.26 bits per heavy atom. The van der Waals surface area contributed by atoms with Crippen molar-refractivity contribution in [3.8, 4) is 5.69 Å². The van der Waals surface area contributed by atoms with E-state index in [-0.39, 0.29) is 18.1 Å². The van der Waals surface area contributed by atoms with Gasteiger partial charge in [-0.2, -0.15) is 5.10 Å². The van der Waals surface area contributed by atoms with Crippen molar-refractivity contribution in [3.63, 3.8) is 0 Å². The molecule has 0 radical (unpaired) electrons.